The summed E-state index contributed by atoms with van der Waals surface area (Å²) < 4.78 is 0. The third-order valence-corrected chi connectivity index (χ3v) is 1.84. The highest BCUT2D eigenvalue weighted by atomic mass is 16.1. The van der Waals surface area contributed by atoms with Crippen LogP contribution >= 0.6 is 0 Å². The first-order valence-electron chi connectivity index (χ1n) is 4.31. The topological polar surface area (TPSA) is 112 Å². The second-order valence-corrected chi connectivity index (χ2v) is 3.01. The molecule has 0 aromatic rings. The van der Waals surface area contributed by atoms with E-state index in [1.54, 1.807) is 0 Å². The van der Waals surface area contributed by atoms with Crippen LogP contribution in [0.5, 0.6) is 0 Å². The summed E-state index contributed by atoms with van der Waals surface area (Å²) in [6, 6.07) is -0.955. The lowest BCUT2D eigenvalue weighted by atomic mass is 10.0. The maximum atomic E-state index is 10.9. The molecule has 13 heavy (non-hydrogen) atoms. The number of ketones is 1. The van der Waals surface area contributed by atoms with Gasteiger partial charge in [0.1, 0.15) is 6.29 Å². The number of hydrogen-bond donors (Lipinski definition) is 3. The normalized spacial score (nSPS) is 15.0. The van der Waals surface area contributed by atoms with Crippen LogP contribution in [0, 0.1) is 0 Å². The van der Waals surface area contributed by atoms with Crippen molar-refractivity contribution in [1.82, 2.24) is 0 Å². The Morgan fingerprint density at radius 1 is 1.31 bits per heavy atom. The van der Waals surface area contributed by atoms with Crippen molar-refractivity contribution in [3.8, 4) is 0 Å². The monoisotopic (exact) mass is 187 g/mol. The Bertz CT molecular complexity index is 173. The Kier molecular flexibility index (Phi) is 6.30. The van der Waals surface area contributed by atoms with Gasteiger partial charge in [0.2, 0.25) is 0 Å². The summed E-state index contributed by atoms with van der Waals surface area (Å²) in [4.78, 5) is 21.0. The van der Waals surface area contributed by atoms with Crippen LogP contribution in [-0.4, -0.2) is 30.7 Å². The fourth-order valence-corrected chi connectivity index (χ4v) is 0.954. The van der Waals surface area contributed by atoms with Gasteiger partial charge in [-0.15, -0.1) is 0 Å². The van der Waals surface area contributed by atoms with Crippen molar-refractivity contribution in [3.63, 3.8) is 0 Å². The van der Waals surface area contributed by atoms with Gasteiger partial charge in [0.05, 0.1) is 18.6 Å². The average Bonchev–Trinajstić information content (AvgIpc) is 2.15. The lowest BCUT2D eigenvalue weighted by molar-refractivity contribution is -0.119. The number of carbonyl (C=O) groups excluding carboxylic acids is 2. The molecule has 0 amide bonds. The number of hydrogen-bond acceptors (Lipinski definition) is 5. The van der Waals surface area contributed by atoms with Gasteiger partial charge in [-0.1, -0.05) is 0 Å². The number of nitrogens with two attached hydrogens (primary N) is 3. The molecule has 0 heterocycles. The van der Waals surface area contributed by atoms with Crippen molar-refractivity contribution in [1.29, 1.82) is 0 Å². The van der Waals surface area contributed by atoms with Crippen LogP contribution in [0.25, 0.3) is 0 Å². The lowest BCUT2D eigenvalue weighted by Crippen LogP contribution is -2.35. The van der Waals surface area contributed by atoms with Crippen molar-refractivity contribution in [2.24, 2.45) is 17.2 Å². The van der Waals surface area contributed by atoms with E-state index < -0.39 is 12.1 Å². The van der Waals surface area contributed by atoms with E-state index in [9.17, 15) is 9.59 Å². The minimum atomic E-state index is -0.510. The van der Waals surface area contributed by atoms with E-state index >= 15 is 0 Å². The molecule has 0 aliphatic heterocycles. The van der Waals surface area contributed by atoms with Crippen LogP contribution in [0.4, 0.5) is 0 Å². The van der Waals surface area contributed by atoms with Crippen LogP contribution in [0.1, 0.15) is 19.3 Å². The van der Waals surface area contributed by atoms with Crippen molar-refractivity contribution in [3.05, 3.63) is 0 Å². The van der Waals surface area contributed by atoms with Gasteiger partial charge >= 0.3 is 0 Å². The first-order valence-corrected chi connectivity index (χ1v) is 4.31. The van der Waals surface area contributed by atoms with Crippen LogP contribution < -0.4 is 17.2 Å². The average molecular weight is 187 g/mol. The molecule has 0 aliphatic rings. The van der Waals surface area contributed by atoms with Crippen molar-refractivity contribution < 1.29 is 9.59 Å². The predicted octanol–water partition coefficient (Wildman–Crippen LogP) is -1.46. The van der Waals surface area contributed by atoms with Gasteiger partial charge in [0, 0.05) is 0 Å². The fraction of sp³-hybridized carbons (Fsp3) is 0.750. The molecule has 6 N–H and O–H groups in total. The first-order chi connectivity index (χ1) is 6.11. The van der Waals surface area contributed by atoms with E-state index in [-0.39, 0.29) is 12.3 Å². The molecule has 2 unspecified atom stereocenters. The minimum absolute atomic E-state index is 0.0269. The largest absolute Gasteiger partial charge is 0.324 e. The van der Waals surface area contributed by atoms with Crippen LogP contribution in [0.15, 0.2) is 0 Å². The number of Topliss-reactive ketones (excluding diaryl/α,β-unsaturated/α-hetero) is 1. The molecular weight excluding hydrogens is 170 g/mol. The molecule has 76 valence electrons. The SMILES string of the molecule is NCC(=O)C(N)CCCC(N)C=O. The van der Waals surface area contributed by atoms with E-state index in [2.05, 4.69) is 0 Å². The maximum absolute atomic E-state index is 10.9. The smallest absolute Gasteiger partial charge is 0.162 e. The molecule has 2 atom stereocenters. The molecule has 0 aliphatic carbocycles. The van der Waals surface area contributed by atoms with Crippen molar-refractivity contribution in [2.45, 2.75) is 31.3 Å². The van der Waals surface area contributed by atoms with Gasteiger partial charge in [0.25, 0.3) is 0 Å². The number of carbonyl (C=O) groups is 2. The van der Waals surface area contributed by atoms with Gasteiger partial charge in [-0.05, 0) is 19.3 Å². The standard InChI is InChI=1S/C8H17N3O2/c9-4-8(13)7(11)3-1-2-6(10)5-12/h5-7H,1-4,9-11H2. The van der Waals surface area contributed by atoms with Crippen molar-refractivity contribution in [2.75, 3.05) is 6.54 Å². The first kappa shape index (κ1) is 12.2. The summed E-state index contributed by atoms with van der Waals surface area (Å²) in [5, 5.41) is 0. The summed E-state index contributed by atoms with van der Waals surface area (Å²) in [5.74, 6) is -0.153. The van der Waals surface area contributed by atoms with Gasteiger partial charge in [-0.3, -0.25) is 4.79 Å². The predicted molar refractivity (Wildman–Crippen MR) is 49.9 cm³/mol. The van der Waals surface area contributed by atoms with E-state index in [1.165, 1.54) is 0 Å². The third-order valence-electron chi connectivity index (χ3n) is 1.84. The zero-order chi connectivity index (χ0) is 10.3. The van der Waals surface area contributed by atoms with E-state index in [4.69, 9.17) is 17.2 Å². The molecule has 0 bridgehead atoms. The molecule has 5 nitrogen and oxygen atoms in total. The Morgan fingerprint density at radius 2 is 1.92 bits per heavy atom. The van der Waals surface area contributed by atoms with Crippen LogP contribution in [-0.2, 0) is 9.59 Å². The second kappa shape index (κ2) is 6.71. The molecule has 0 aromatic heterocycles. The maximum Gasteiger partial charge on any atom is 0.162 e. The molecular formula is C8H17N3O2. The van der Waals surface area contributed by atoms with Crippen LogP contribution in [0.2, 0.25) is 0 Å². The highest BCUT2D eigenvalue weighted by Gasteiger charge is 2.11. The molecule has 5 heteroatoms. The highest BCUT2D eigenvalue weighted by Crippen LogP contribution is 2.00. The Labute approximate surface area is 77.6 Å². The molecule has 0 saturated carbocycles. The Morgan fingerprint density at radius 3 is 2.38 bits per heavy atom. The molecule has 0 fully saturated rings. The lowest BCUT2D eigenvalue weighted by Gasteiger charge is -2.09. The van der Waals surface area contributed by atoms with E-state index in [1.807, 2.05) is 0 Å². The van der Waals surface area contributed by atoms with Gasteiger partial charge < -0.3 is 22.0 Å². The molecule has 0 rings (SSSR count). The summed E-state index contributed by atoms with van der Waals surface area (Å²) in [7, 11) is 0. The summed E-state index contributed by atoms with van der Waals surface area (Å²) >= 11 is 0. The van der Waals surface area contributed by atoms with Gasteiger partial charge in [0.15, 0.2) is 5.78 Å². The fourth-order valence-electron chi connectivity index (χ4n) is 0.954. The van der Waals surface area contributed by atoms with E-state index in [0.717, 1.165) is 0 Å². The van der Waals surface area contributed by atoms with Crippen molar-refractivity contribution >= 4 is 12.1 Å². The van der Waals surface area contributed by atoms with E-state index in [0.29, 0.717) is 25.5 Å². The molecule has 0 saturated heterocycles. The zero-order valence-corrected chi connectivity index (χ0v) is 7.61. The van der Waals surface area contributed by atoms with Crippen LogP contribution in [0.3, 0.4) is 0 Å². The second-order valence-electron chi connectivity index (χ2n) is 3.01. The third kappa shape index (κ3) is 5.46. The molecule has 0 aromatic carbocycles. The minimum Gasteiger partial charge on any atom is -0.324 e. The zero-order valence-electron chi connectivity index (χ0n) is 7.61. The summed E-state index contributed by atoms with van der Waals surface area (Å²) in [5.41, 5.74) is 16.0. The number of aldehydes is 1. The van der Waals surface area contributed by atoms with Gasteiger partial charge in [-0.2, -0.15) is 0 Å². The Hall–Kier alpha value is -0.780. The molecule has 0 radical (unpaired) electrons. The molecule has 0 spiro atoms. The quantitative estimate of drug-likeness (QED) is 0.421. The highest BCUT2D eigenvalue weighted by molar-refractivity contribution is 5.85. The Balaban J connectivity index is 3.52. The number of rotatable bonds is 7. The summed E-state index contributed by atoms with van der Waals surface area (Å²) in [6.07, 6.45) is 2.47. The summed E-state index contributed by atoms with van der Waals surface area (Å²) in [6.45, 7) is -0.0269. The van der Waals surface area contributed by atoms with Gasteiger partial charge in [-0.25, -0.2) is 0 Å².